The van der Waals surface area contributed by atoms with Crippen molar-refractivity contribution in [2.75, 3.05) is 18.7 Å². The Morgan fingerprint density at radius 2 is 1.82 bits per heavy atom. The van der Waals surface area contributed by atoms with Crippen LogP contribution in [0.1, 0.15) is 29.9 Å². The molecule has 1 aromatic heterocycles. The van der Waals surface area contributed by atoms with Gasteiger partial charge in [0.2, 0.25) is 23.5 Å². The summed E-state index contributed by atoms with van der Waals surface area (Å²) in [5.74, 6) is -0.747. The maximum absolute atomic E-state index is 13.8. The van der Waals surface area contributed by atoms with Crippen LogP contribution >= 0.6 is 0 Å². The molecule has 1 aliphatic carbocycles. The fourth-order valence-electron chi connectivity index (χ4n) is 5.67. The molecule has 202 valence electrons. The van der Waals surface area contributed by atoms with Crippen LogP contribution in [0.4, 0.5) is 10.5 Å². The summed E-state index contributed by atoms with van der Waals surface area (Å²) in [5, 5.41) is 6.92. The predicted octanol–water partition coefficient (Wildman–Crippen LogP) is 3.28. The van der Waals surface area contributed by atoms with Crippen molar-refractivity contribution in [2.45, 2.75) is 51.5 Å². The second-order valence-electron chi connectivity index (χ2n) is 10.3. The number of aryl methyl sites for hydroxylation is 2. The number of fused-ring (bicyclic) bond motifs is 2. The fraction of sp³-hybridized carbons (Fsp3) is 0.393. The number of ether oxygens (including phenoxy) is 2. The van der Waals surface area contributed by atoms with Gasteiger partial charge in [0.05, 0.1) is 18.1 Å². The number of anilines is 1. The molecule has 11 heteroatoms. The lowest BCUT2D eigenvalue weighted by molar-refractivity contribution is -0.145. The van der Waals surface area contributed by atoms with Crippen LogP contribution in [0.25, 0.3) is 11.4 Å². The van der Waals surface area contributed by atoms with Gasteiger partial charge in [-0.1, -0.05) is 53.2 Å². The molecule has 4 unspecified atom stereocenters. The summed E-state index contributed by atoms with van der Waals surface area (Å²) in [5.41, 5.74) is 3.44. The van der Waals surface area contributed by atoms with Crippen LogP contribution in [0.2, 0.25) is 0 Å². The van der Waals surface area contributed by atoms with Gasteiger partial charge in [-0.3, -0.25) is 14.5 Å². The zero-order valence-electron chi connectivity index (χ0n) is 21.7. The second-order valence-corrected chi connectivity index (χ2v) is 10.3. The summed E-state index contributed by atoms with van der Waals surface area (Å²) >= 11 is 0. The lowest BCUT2D eigenvalue weighted by Crippen LogP contribution is -2.65. The molecule has 3 aliphatic rings. The van der Waals surface area contributed by atoms with E-state index in [-0.39, 0.29) is 49.8 Å². The molecule has 3 fully saturated rings. The summed E-state index contributed by atoms with van der Waals surface area (Å²) in [7, 11) is 0. The van der Waals surface area contributed by atoms with Crippen molar-refractivity contribution >= 4 is 23.5 Å². The minimum atomic E-state index is -0.575. The Bertz CT molecular complexity index is 1410. The lowest BCUT2D eigenvalue weighted by Gasteiger charge is -2.48. The average Bonchev–Trinajstić information content (AvgIpc) is 3.60. The topological polar surface area (TPSA) is 127 Å². The molecule has 0 bridgehead atoms. The molecular formula is C28H29N5O6. The summed E-state index contributed by atoms with van der Waals surface area (Å²) in [6.07, 6.45) is 0.347. The van der Waals surface area contributed by atoms with Crippen LogP contribution in [0.5, 0.6) is 0 Å². The number of nitrogens with zero attached hydrogens (tertiary/aromatic N) is 4. The number of carbonyl (C=O) groups excluding carboxylic acids is 3. The molecule has 0 radical (unpaired) electrons. The zero-order valence-corrected chi connectivity index (χ0v) is 21.7. The number of carbonyl (C=O) groups is 3. The third-order valence-corrected chi connectivity index (χ3v) is 7.63. The maximum atomic E-state index is 13.8. The molecule has 6 rings (SSSR count). The van der Waals surface area contributed by atoms with Gasteiger partial charge in [-0.25, -0.2) is 4.79 Å². The first-order valence-electron chi connectivity index (χ1n) is 13.0. The van der Waals surface area contributed by atoms with E-state index in [1.54, 1.807) is 0 Å². The fourth-order valence-corrected chi connectivity index (χ4v) is 5.67. The first kappa shape index (κ1) is 25.2. The quantitative estimate of drug-likeness (QED) is 0.514. The van der Waals surface area contributed by atoms with Crippen LogP contribution in [0.15, 0.2) is 53.1 Å². The van der Waals surface area contributed by atoms with Crippen molar-refractivity contribution in [3.05, 3.63) is 65.5 Å². The van der Waals surface area contributed by atoms with Gasteiger partial charge in [0.1, 0.15) is 19.9 Å². The van der Waals surface area contributed by atoms with Gasteiger partial charge < -0.3 is 24.2 Å². The number of rotatable bonds is 6. The highest BCUT2D eigenvalue weighted by atomic mass is 16.7. The molecule has 0 spiro atoms. The Hall–Kier alpha value is -4.09. The molecule has 39 heavy (non-hydrogen) atoms. The van der Waals surface area contributed by atoms with E-state index in [0.717, 1.165) is 21.6 Å². The van der Waals surface area contributed by atoms with Crippen molar-refractivity contribution in [1.29, 1.82) is 0 Å². The van der Waals surface area contributed by atoms with Crippen molar-refractivity contribution in [1.82, 2.24) is 19.9 Å². The number of aromatic nitrogens is 2. The van der Waals surface area contributed by atoms with Gasteiger partial charge >= 0.3 is 6.03 Å². The van der Waals surface area contributed by atoms with Crippen LogP contribution in [0, 0.1) is 19.8 Å². The molecule has 3 aromatic rings. The molecular weight excluding hydrogens is 502 g/mol. The molecule has 1 N–H and O–H groups in total. The molecule has 4 atom stereocenters. The van der Waals surface area contributed by atoms with E-state index >= 15 is 0 Å². The molecule has 3 heterocycles. The normalized spacial score (nSPS) is 24.5. The third-order valence-electron chi connectivity index (χ3n) is 7.63. The highest BCUT2D eigenvalue weighted by Crippen LogP contribution is 2.39. The largest absolute Gasteiger partial charge is 0.349 e. The van der Waals surface area contributed by atoms with Crippen LogP contribution in [-0.2, 0) is 25.6 Å². The van der Waals surface area contributed by atoms with Gasteiger partial charge in [-0.05, 0) is 38.3 Å². The molecule has 2 saturated heterocycles. The molecule has 4 amide bonds. The Morgan fingerprint density at radius 3 is 2.59 bits per heavy atom. The second kappa shape index (κ2) is 10.2. The molecule has 11 nitrogen and oxygen atoms in total. The van der Waals surface area contributed by atoms with E-state index in [1.807, 2.05) is 62.4 Å². The zero-order chi connectivity index (χ0) is 27.1. The third kappa shape index (κ3) is 4.90. The summed E-state index contributed by atoms with van der Waals surface area (Å²) in [6, 6.07) is 13.9. The van der Waals surface area contributed by atoms with E-state index in [4.69, 9.17) is 14.0 Å². The number of urea groups is 1. The minimum absolute atomic E-state index is 0.128. The summed E-state index contributed by atoms with van der Waals surface area (Å²) in [4.78, 5) is 47.5. The molecule has 2 aromatic carbocycles. The number of benzene rings is 2. The average molecular weight is 532 g/mol. The van der Waals surface area contributed by atoms with E-state index in [2.05, 4.69) is 15.5 Å². The number of hydrogen-bond donors (Lipinski definition) is 1. The number of nitrogens with one attached hydrogen (secondary N) is 1. The molecule has 1 saturated carbocycles. The number of imide groups is 1. The summed E-state index contributed by atoms with van der Waals surface area (Å²) < 4.78 is 16.8. The number of amides is 4. The monoisotopic (exact) mass is 531 g/mol. The first-order chi connectivity index (χ1) is 18.9. The van der Waals surface area contributed by atoms with Crippen molar-refractivity contribution in [2.24, 2.45) is 5.92 Å². The van der Waals surface area contributed by atoms with Gasteiger partial charge in [-0.2, -0.15) is 4.98 Å². The van der Waals surface area contributed by atoms with Crippen molar-refractivity contribution in [3.8, 4) is 11.4 Å². The van der Waals surface area contributed by atoms with Gasteiger partial charge in [0.25, 0.3) is 0 Å². The van der Waals surface area contributed by atoms with Crippen molar-refractivity contribution < 1.29 is 28.4 Å². The first-order valence-corrected chi connectivity index (χ1v) is 13.0. The highest BCUT2D eigenvalue weighted by Gasteiger charge is 2.53. The van der Waals surface area contributed by atoms with E-state index < -0.39 is 18.0 Å². The minimum Gasteiger partial charge on any atom is -0.349 e. The van der Waals surface area contributed by atoms with Crippen molar-refractivity contribution in [3.63, 3.8) is 0 Å². The Labute approximate surface area is 225 Å². The number of hydrogen-bond acceptors (Lipinski definition) is 8. The highest BCUT2D eigenvalue weighted by molar-refractivity contribution is 6.01. The van der Waals surface area contributed by atoms with Gasteiger partial charge in [-0.15, -0.1) is 0 Å². The summed E-state index contributed by atoms with van der Waals surface area (Å²) in [6.45, 7) is 3.64. The standard InChI is InChI=1S/C28H29N5O6/c1-16-8-9-20(17(2)10-16)29-24(34)13-32-21-12-23-22(37-15-38-23)11-19(21)27(35)33(28(32)36)14-25-30-26(31-39-25)18-6-4-3-5-7-18/h3-10,19,21-23H,11-15H2,1-2H3,(H,29,34). The SMILES string of the molecule is Cc1ccc(NC(=O)CN2C(=O)N(Cc3nc(-c4ccccc4)no3)C(=O)C3CC4OCOC4CC32)c(C)c1. The lowest BCUT2D eigenvalue weighted by atomic mass is 9.78. The van der Waals surface area contributed by atoms with E-state index in [0.29, 0.717) is 24.4 Å². The van der Waals surface area contributed by atoms with E-state index in [1.165, 1.54) is 4.90 Å². The van der Waals surface area contributed by atoms with Crippen LogP contribution in [0.3, 0.4) is 0 Å². The molecule has 2 aliphatic heterocycles. The van der Waals surface area contributed by atoms with E-state index in [9.17, 15) is 14.4 Å². The Balaban J connectivity index is 1.25. The smallest absolute Gasteiger partial charge is 0.327 e. The Morgan fingerprint density at radius 1 is 1.05 bits per heavy atom. The van der Waals surface area contributed by atoms with Gasteiger partial charge in [0, 0.05) is 17.3 Å². The van der Waals surface area contributed by atoms with Crippen LogP contribution < -0.4 is 5.32 Å². The predicted molar refractivity (Wildman–Crippen MR) is 138 cm³/mol. The maximum Gasteiger partial charge on any atom is 0.327 e. The Kier molecular flexibility index (Phi) is 6.61. The van der Waals surface area contributed by atoms with Crippen LogP contribution in [-0.4, -0.2) is 69.4 Å². The van der Waals surface area contributed by atoms with Gasteiger partial charge in [0.15, 0.2) is 0 Å².